The molecular weight excluding hydrogens is 268 g/mol. The van der Waals surface area contributed by atoms with Gasteiger partial charge in [0.1, 0.15) is 0 Å². The summed E-state index contributed by atoms with van der Waals surface area (Å²) in [7, 11) is 1.81. The Hall–Kier alpha value is -2.37. The Balaban J connectivity index is 1.94. The van der Waals surface area contributed by atoms with E-state index in [4.69, 9.17) is 4.74 Å². The number of amides is 1. The molecule has 6 nitrogen and oxygen atoms in total. The Bertz CT molecular complexity index is 617. The van der Waals surface area contributed by atoms with Crippen LogP contribution >= 0.6 is 0 Å². The second-order valence-corrected chi connectivity index (χ2v) is 5.12. The van der Waals surface area contributed by atoms with Crippen LogP contribution in [0.4, 0.5) is 0 Å². The van der Waals surface area contributed by atoms with Crippen molar-refractivity contribution in [2.24, 2.45) is 7.05 Å². The molecule has 1 N–H and O–H groups in total. The molecule has 0 saturated carbocycles. The van der Waals surface area contributed by atoms with Gasteiger partial charge in [0.05, 0.1) is 17.9 Å². The zero-order valence-electron chi connectivity index (χ0n) is 12.8. The quantitative estimate of drug-likeness (QED) is 0.911. The minimum atomic E-state index is -0.136. The average Bonchev–Trinajstić information content (AvgIpc) is 2.77. The molecule has 21 heavy (non-hydrogen) atoms. The number of hydrogen-bond donors (Lipinski definition) is 1. The maximum atomic E-state index is 12.1. The topological polar surface area (TPSA) is 69.0 Å². The molecule has 2 aromatic rings. The van der Waals surface area contributed by atoms with E-state index >= 15 is 0 Å². The van der Waals surface area contributed by atoms with Crippen molar-refractivity contribution in [2.75, 3.05) is 0 Å². The van der Waals surface area contributed by atoms with Crippen LogP contribution in [0.15, 0.2) is 24.5 Å². The third kappa shape index (κ3) is 3.81. The lowest BCUT2D eigenvalue weighted by atomic mass is 10.2. The largest absolute Gasteiger partial charge is 0.475 e. The summed E-state index contributed by atoms with van der Waals surface area (Å²) >= 11 is 0. The molecular formula is C15H20N4O2. The predicted octanol–water partition coefficient (Wildman–Crippen LogP) is 1.84. The zero-order valence-corrected chi connectivity index (χ0v) is 12.8. The summed E-state index contributed by atoms with van der Waals surface area (Å²) in [5.41, 5.74) is 2.34. The molecule has 1 amide bonds. The molecule has 2 heterocycles. The molecule has 112 valence electrons. The molecule has 0 spiro atoms. The maximum Gasteiger partial charge on any atom is 0.255 e. The van der Waals surface area contributed by atoms with E-state index in [9.17, 15) is 4.79 Å². The molecule has 0 aliphatic rings. The first-order valence-corrected chi connectivity index (χ1v) is 6.85. The molecule has 0 fully saturated rings. The van der Waals surface area contributed by atoms with Crippen LogP contribution in [0.3, 0.4) is 0 Å². The van der Waals surface area contributed by atoms with Gasteiger partial charge in [-0.05, 0) is 26.3 Å². The predicted molar refractivity (Wildman–Crippen MR) is 79.1 cm³/mol. The number of rotatable bonds is 5. The van der Waals surface area contributed by atoms with E-state index in [-0.39, 0.29) is 12.0 Å². The molecule has 0 aliphatic heterocycles. The van der Waals surface area contributed by atoms with Gasteiger partial charge in [-0.2, -0.15) is 5.10 Å². The number of ether oxygens (including phenoxy) is 1. The fraction of sp³-hybridized carbons (Fsp3) is 0.400. The number of nitrogens with zero attached hydrogens (tertiary/aromatic N) is 3. The number of hydrogen-bond acceptors (Lipinski definition) is 4. The molecule has 0 aliphatic carbocycles. The van der Waals surface area contributed by atoms with Crippen molar-refractivity contribution in [3.63, 3.8) is 0 Å². The highest BCUT2D eigenvalue weighted by molar-refractivity contribution is 5.94. The van der Waals surface area contributed by atoms with Gasteiger partial charge in [0.25, 0.3) is 5.91 Å². The van der Waals surface area contributed by atoms with Crippen molar-refractivity contribution in [3.8, 4) is 5.88 Å². The van der Waals surface area contributed by atoms with Gasteiger partial charge in [0.15, 0.2) is 0 Å². The number of carbonyl (C=O) groups excluding carboxylic acids is 1. The molecule has 0 saturated heterocycles. The molecule has 0 atom stereocenters. The first kappa shape index (κ1) is 15.0. The minimum absolute atomic E-state index is 0.0941. The molecule has 2 rings (SSSR count). The lowest BCUT2D eigenvalue weighted by Gasteiger charge is -2.09. The summed E-state index contributed by atoms with van der Waals surface area (Å²) < 4.78 is 7.15. The number of nitrogens with one attached hydrogen (secondary N) is 1. The van der Waals surface area contributed by atoms with Crippen LogP contribution in [0.25, 0.3) is 0 Å². The van der Waals surface area contributed by atoms with Gasteiger partial charge in [0.2, 0.25) is 5.88 Å². The smallest absolute Gasteiger partial charge is 0.255 e. The number of aromatic nitrogens is 3. The van der Waals surface area contributed by atoms with Gasteiger partial charge in [-0.25, -0.2) is 4.98 Å². The highest BCUT2D eigenvalue weighted by Crippen LogP contribution is 2.10. The Morgan fingerprint density at radius 3 is 2.67 bits per heavy atom. The highest BCUT2D eigenvalue weighted by atomic mass is 16.5. The first-order valence-electron chi connectivity index (χ1n) is 6.85. The van der Waals surface area contributed by atoms with E-state index in [1.807, 2.05) is 33.9 Å². The Morgan fingerprint density at radius 1 is 1.38 bits per heavy atom. The average molecular weight is 288 g/mol. The highest BCUT2D eigenvalue weighted by Gasteiger charge is 2.12. The first-order chi connectivity index (χ1) is 9.97. The summed E-state index contributed by atoms with van der Waals surface area (Å²) in [6, 6.07) is 3.69. The van der Waals surface area contributed by atoms with Crippen LogP contribution < -0.4 is 10.1 Å². The van der Waals surface area contributed by atoms with Gasteiger partial charge in [-0.15, -0.1) is 0 Å². The third-order valence-corrected chi connectivity index (χ3v) is 3.09. The summed E-state index contributed by atoms with van der Waals surface area (Å²) in [5.74, 6) is 0.450. The lowest BCUT2D eigenvalue weighted by Crippen LogP contribution is -2.23. The van der Waals surface area contributed by atoms with Crippen LogP contribution in [0, 0.1) is 6.92 Å². The third-order valence-electron chi connectivity index (χ3n) is 3.09. The van der Waals surface area contributed by atoms with Crippen LogP contribution in [0.5, 0.6) is 5.88 Å². The van der Waals surface area contributed by atoms with Crippen LogP contribution in [-0.2, 0) is 13.6 Å². The monoisotopic (exact) mass is 288 g/mol. The van der Waals surface area contributed by atoms with E-state index < -0.39 is 0 Å². The number of carbonyl (C=O) groups is 1. The van der Waals surface area contributed by atoms with Crippen LogP contribution in [-0.4, -0.2) is 26.8 Å². The number of aryl methyl sites for hydroxylation is 1. The Morgan fingerprint density at radius 2 is 2.14 bits per heavy atom. The van der Waals surface area contributed by atoms with E-state index in [1.165, 1.54) is 0 Å². The van der Waals surface area contributed by atoms with E-state index in [0.717, 1.165) is 11.3 Å². The van der Waals surface area contributed by atoms with Gasteiger partial charge in [-0.3, -0.25) is 9.48 Å². The van der Waals surface area contributed by atoms with Gasteiger partial charge >= 0.3 is 0 Å². The van der Waals surface area contributed by atoms with Crippen LogP contribution in [0.2, 0.25) is 0 Å². The summed E-state index contributed by atoms with van der Waals surface area (Å²) in [5, 5.41) is 6.91. The van der Waals surface area contributed by atoms with Crippen molar-refractivity contribution in [3.05, 3.63) is 41.3 Å². The standard InChI is InChI=1S/C15H20N4O2/c1-10(2)21-14-6-5-12(7-16-14)8-17-15(20)13-9-18-19(4)11(13)3/h5-7,9-10H,8H2,1-4H3,(H,17,20). The van der Waals surface area contributed by atoms with Crippen LogP contribution in [0.1, 0.15) is 35.5 Å². The normalized spacial score (nSPS) is 10.7. The summed E-state index contributed by atoms with van der Waals surface area (Å²) in [6.07, 6.45) is 3.37. The summed E-state index contributed by atoms with van der Waals surface area (Å²) in [6.45, 7) is 6.18. The van der Waals surface area contributed by atoms with E-state index in [1.54, 1.807) is 23.1 Å². The Kier molecular flexibility index (Phi) is 4.57. The minimum Gasteiger partial charge on any atom is -0.475 e. The molecule has 6 heteroatoms. The van der Waals surface area contributed by atoms with Gasteiger partial charge in [0, 0.05) is 31.5 Å². The Labute approximate surface area is 124 Å². The fourth-order valence-electron chi connectivity index (χ4n) is 1.83. The molecule has 0 aromatic carbocycles. The van der Waals surface area contributed by atoms with Crippen molar-refractivity contribution in [1.29, 1.82) is 0 Å². The second-order valence-electron chi connectivity index (χ2n) is 5.12. The van der Waals surface area contributed by atoms with Crippen molar-refractivity contribution in [1.82, 2.24) is 20.1 Å². The van der Waals surface area contributed by atoms with Crippen molar-refractivity contribution < 1.29 is 9.53 Å². The molecule has 0 radical (unpaired) electrons. The van der Waals surface area contributed by atoms with E-state index in [2.05, 4.69) is 15.4 Å². The van der Waals surface area contributed by atoms with E-state index in [0.29, 0.717) is 18.0 Å². The fourth-order valence-corrected chi connectivity index (χ4v) is 1.83. The van der Waals surface area contributed by atoms with Gasteiger partial charge < -0.3 is 10.1 Å². The van der Waals surface area contributed by atoms with Gasteiger partial charge in [-0.1, -0.05) is 6.07 Å². The van der Waals surface area contributed by atoms with Crippen molar-refractivity contribution in [2.45, 2.75) is 33.4 Å². The lowest BCUT2D eigenvalue weighted by molar-refractivity contribution is 0.0950. The number of pyridine rings is 1. The molecule has 2 aromatic heterocycles. The van der Waals surface area contributed by atoms with Crippen molar-refractivity contribution >= 4 is 5.91 Å². The second kappa shape index (κ2) is 6.39. The zero-order chi connectivity index (χ0) is 15.4. The molecule has 0 bridgehead atoms. The SMILES string of the molecule is Cc1c(C(=O)NCc2ccc(OC(C)C)nc2)cnn1C. The maximum absolute atomic E-state index is 12.1. The summed E-state index contributed by atoms with van der Waals surface area (Å²) in [4.78, 5) is 16.3. The molecule has 0 unspecified atom stereocenters.